The SMILES string of the molecule is CN1CCN(C=NC2=C(C#N)[C@@H](c3ccccc3)c3ccc(O)cc3O2)CC1. The fourth-order valence-corrected chi connectivity index (χ4v) is 3.56. The predicted molar refractivity (Wildman–Crippen MR) is 107 cm³/mol. The van der Waals surface area contributed by atoms with Crippen LogP contribution < -0.4 is 4.74 Å². The first-order valence-electron chi connectivity index (χ1n) is 9.32. The quantitative estimate of drug-likeness (QED) is 0.661. The van der Waals surface area contributed by atoms with Crippen LogP contribution in [0.4, 0.5) is 0 Å². The van der Waals surface area contributed by atoms with Gasteiger partial charge < -0.3 is 19.6 Å². The van der Waals surface area contributed by atoms with Gasteiger partial charge in [-0.05, 0) is 18.7 Å². The normalized spacial score (nSPS) is 20.0. The van der Waals surface area contributed by atoms with Crippen molar-refractivity contribution in [2.24, 2.45) is 4.99 Å². The molecule has 2 aliphatic rings. The number of likely N-dealkylation sites (N-methyl/N-ethyl adjacent to an activating group) is 1. The van der Waals surface area contributed by atoms with Gasteiger partial charge >= 0.3 is 0 Å². The number of hydrogen-bond donors (Lipinski definition) is 1. The molecule has 2 aliphatic heterocycles. The maximum absolute atomic E-state index is 9.91. The Morgan fingerprint density at radius 2 is 1.89 bits per heavy atom. The van der Waals surface area contributed by atoms with Crippen LogP contribution in [0.3, 0.4) is 0 Å². The number of fused-ring (bicyclic) bond motifs is 1. The van der Waals surface area contributed by atoms with Crippen molar-refractivity contribution in [1.29, 1.82) is 5.26 Å². The van der Waals surface area contributed by atoms with Crippen LogP contribution in [-0.4, -0.2) is 54.5 Å². The lowest BCUT2D eigenvalue weighted by molar-refractivity contribution is 0.219. The van der Waals surface area contributed by atoms with Crippen LogP contribution in [-0.2, 0) is 0 Å². The number of ether oxygens (including phenoxy) is 1. The molecular formula is C22H22N4O2. The summed E-state index contributed by atoms with van der Waals surface area (Å²) in [6.07, 6.45) is 1.76. The van der Waals surface area contributed by atoms with E-state index >= 15 is 0 Å². The smallest absolute Gasteiger partial charge is 0.235 e. The summed E-state index contributed by atoms with van der Waals surface area (Å²) in [7, 11) is 2.10. The molecule has 6 heteroatoms. The number of phenols is 1. The van der Waals surface area contributed by atoms with Gasteiger partial charge in [-0.1, -0.05) is 36.4 Å². The highest BCUT2D eigenvalue weighted by atomic mass is 16.5. The number of rotatable bonds is 3. The second-order valence-corrected chi connectivity index (χ2v) is 7.08. The standard InChI is InChI=1S/C22H22N4O2/c1-25-9-11-26(12-10-25)15-24-22-19(14-23)21(16-5-3-2-4-6-16)18-8-7-17(27)13-20(18)28-22/h2-8,13,15,21,27H,9-12H2,1H3/t21-/m0/s1. The van der Waals surface area contributed by atoms with E-state index in [9.17, 15) is 10.4 Å². The fourth-order valence-electron chi connectivity index (χ4n) is 3.56. The summed E-state index contributed by atoms with van der Waals surface area (Å²) in [6, 6.07) is 17.1. The topological polar surface area (TPSA) is 72.1 Å². The average molecular weight is 374 g/mol. The zero-order chi connectivity index (χ0) is 19.5. The second kappa shape index (κ2) is 7.75. The molecule has 0 saturated carbocycles. The number of allylic oxidation sites excluding steroid dienone is 1. The molecule has 2 heterocycles. The minimum absolute atomic E-state index is 0.119. The lowest BCUT2D eigenvalue weighted by atomic mass is 9.83. The van der Waals surface area contributed by atoms with Crippen molar-refractivity contribution in [3.8, 4) is 17.6 Å². The molecule has 4 rings (SSSR count). The zero-order valence-corrected chi connectivity index (χ0v) is 15.7. The van der Waals surface area contributed by atoms with Gasteiger partial charge in [0.15, 0.2) is 0 Å². The van der Waals surface area contributed by atoms with E-state index in [1.54, 1.807) is 24.5 Å². The molecule has 28 heavy (non-hydrogen) atoms. The third-order valence-corrected chi connectivity index (χ3v) is 5.16. The average Bonchev–Trinajstić information content (AvgIpc) is 2.72. The van der Waals surface area contributed by atoms with E-state index < -0.39 is 0 Å². The molecule has 0 unspecified atom stereocenters. The highest BCUT2D eigenvalue weighted by Gasteiger charge is 2.31. The summed E-state index contributed by atoms with van der Waals surface area (Å²) in [6.45, 7) is 3.71. The summed E-state index contributed by atoms with van der Waals surface area (Å²) < 4.78 is 5.94. The van der Waals surface area contributed by atoms with E-state index in [0.717, 1.165) is 37.3 Å². The molecule has 0 bridgehead atoms. The number of piperazine rings is 1. The molecule has 6 nitrogen and oxygen atoms in total. The maximum atomic E-state index is 9.91. The Hall–Kier alpha value is -3.30. The predicted octanol–water partition coefficient (Wildman–Crippen LogP) is 2.93. The van der Waals surface area contributed by atoms with Gasteiger partial charge in [-0.3, -0.25) is 0 Å². The largest absolute Gasteiger partial charge is 0.508 e. The van der Waals surface area contributed by atoms with Gasteiger partial charge in [0.25, 0.3) is 0 Å². The second-order valence-electron chi connectivity index (χ2n) is 7.08. The zero-order valence-electron chi connectivity index (χ0n) is 15.7. The van der Waals surface area contributed by atoms with Crippen molar-refractivity contribution in [3.63, 3.8) is 0 Å². The molecule has 0 amide bonds. The van der Waals surface area contributed by atoms with E-state index in [0.29, 0.717) is 11.3 Å². The van der Waals surface area contributed by atoms with Crippen LogP contribution in [0.15, 0.2) is 65.0 Å². The van der Waals surface area contributed by atoms with Crippen molar-refractivity contribution in [1.82, 2.24) is 9.80 Å². The number of aliphatic imine (C=N–C) groups is 1. The summed E-state index contributed by atoms with van der Waals surface area (Å²) in [5.41, 5.74) is 2.30. The van der Waals surface area contributed by atoms with Crippen LogP contribution in [0.5, 0.6) is 11.5 Å². The molecule has 0 aliphatic carbocycles. The number of aromatic hydroxyl groups is 1. The van der Waals surface area contributed by atoms with Gasteiger partial charge in [0.1, 0.15) is 23.1 Å². The van der Waals surface area contributed by atoms with Gasteiger partial charge in [0, 0.05) is 37.8 Å². The Morgan fingerprint density at radius 1 is 1.14 bits per heavy atom. The number of phenolic OH excluding ortho intramolecular Hbond substituents is 1. The van der Waals surface area contributed by atoms with Crippen molar-refractivity contribution in [2.45, 2.75) is 5.92 Å². The van der Waals surface area contributed by atoms with Crippen LogP contribution in [0.25, 0.3) is 0 Å². The van der Waals surface area contributed by atoms with Crippen molar-refractivity contribution >= 4 is 6.34 Å². The molecule has 1 fully saturated rings. The van der Waals surface area contributed by atoms with Crippen molar-refractivity contribution < 1.29 is 9.84 Å². The van der Waals surface area contributed by atoms with Gasteiger partial charge in [0.2, 0.25) is 5.88 Å². The number of benzene rings is 2. The first-order valence-corrected chi connectivity index (χ1v) is 9.32. The third-order valence-electron chi connectivity index (χ3n) is 5.16. The van der Waals surface area contributed by atoms with Crippen molar-refractivity contribution in [3.05, 3.63) is 71.1 Å². The first kappa shape index (κ1) is 18.1. The molecule has 142 valence electrons. The van der Waals surface area contributed by atoms with Crippen molar-refractivity contribution in [2.75, 3.05) is 33.2 Å². The highest BCUT2D eigenvalue weighted by Crippen LogP contribution is 2.44. The van der Waals surface area contributed by atoms with E-state index in [1.165, 1.54) is 0 Å². The van der Waals surface area contributed by atoms with Gasteiger partial charge in [0.05, 0.1) is 12.3 Å². The van der Waals surface area contributed by atoms with E-state index in [-0.39, 0.29) is 17.6 Å². The summed E-state index contributed by atoms with van der Waals surface area (Å²) in [4.78, 5) is 8.92. The molecule has 1 atom stereocenters. The first-order chi connectivity index (χ1) is 13.7. The van der Waals surface area contributed by atoms with E-state index in [4.69, 9.17) is 4.74 Å². The van der Waals surface area contributed by atoms with Gasteiger partial charge in [-0.15, -0.1) is 0 Å². The minimum Gasteiger partial charge on any atom is -0.508 e. The Kier molecular flexibility index (Phi) is 5.00. The molecule has 0 aromatic heterocycles. The Labute approximate surface area is 164 Å². The molecule has 1 N–H and O–H groups in total. The Bertz CT molecular complexity index is 954. The lowest BCUT2D eigenvalue weighted by Gasteiger charge is -2.31. The molecule has 0 spiro atoms. The minimum atomic E-state index is -0.282. The molecular weight excluding hydrogens is 352 g/mol. The third kappa shape index (κ3) is 3.57. The van der Waals surface area contributed by atoms with Crippen LogP contribution in [0, 0.1) is 11.3 Å². The molecule has 1 saturated heterocycles. The van der Waals surface area contributed by atoms with Gasteiger partial charge in [-0.2, -0.15) is 5.26 Å². The number of hydrogen-bond acceptors (Lipinski definition) is 5. The Morgan fingerprint density at radius 3 is 2.61 bits per heavy atom. The van der Waals surface area contributed by atoms with E-state index in [1.807, 2.05) is 30.3 Å². The number of nitriles is 1. The molecule has 2 aromatic rings. The Balaban J connectivity index is 1.74. The van der Waals surface area contributed by atoms with Gasteiger partial charge in [-0.25, -0.2) is 4.99 Å². The monoisotopic (exact) mass is 374 g/mol. The van der Waals surface area contributed by atoms with E-state index in [2.05, 4.69) is 27.9 Å². The summed E-state index contributed by atoms with van der Waals surface area (Å²) in [5, 5.41) is 19.8. The molecule has 2 aromatic carbocycles. The van der Waals surface area contributed by atoms with Crippen LogP contribution in [0.2, 0.25) is 0 Å². The highest BCUT2D eigenvalue weighted by molar-refractivity contribution is 5.61. The van der Waals surface area contributed by atoms with Crippen LogP contribution >= 0.6 is 0 Å². The fraction of sp³-hybridized carbons (Fsp3) is 0.273. The summed E-state index contributed by atoms with van der Waals surface area (Å²) >= 11 is 0. The maximum Gasteiger partial charge on any atom is 0.235 e. The molecule has 0 radical (unpaired) electrons. The lowest BCUT2D eigenvalue weighted by Crippen LogP contribution is -2.43. The summed E-state index contributed by atoms with van der Waals surface area (Å²) in [5.74, 6) is 0.648. The number of nitrogens with zero attached hydrogens (tertiary/aromatic N) is 4. The van der Waals surface area contributed by atoms with Crippen LogP contribution in [0.1, 0.15) is 17.0 Å².